The number of halogens is 1. The van der Waals surface area contributed by atoms with E-state index in [1.54, 1.807) is 18.3 Å². The Labute approximate surface area is 158 Å². The molecule has 2 aliphatic heterocycles. The Morgan fingerprint density at radius 3 is 2.76 bits per heavy atom. The van der Waals surface area contributed by atoms with Gasteiger partial charge in [0.15, 0.2) is 0 Å². The van der Waals surface area contributed by atoms with Gasteiger partial charge in [-0.15, -0.1) is 11.3 Å². The predicted octanol–water partition coefficient (Wildman–Crippen LogP) is 3.29. The molecular formula is C18H18BrN3O2S. The van der Waals surface area contributed by atoms with E-state index in [9.17, 15) is 9.59 Å². The van der Waals surface area contributed by atoms with E-state index < -0.39 is 5.54 Å². The number of nitrogens with one attached hydrogen (secondary N) is 1. The quantitative estimate of drug-likeness (QED) is 0.776. The SMILES string of the molecule is C[C@]1(c2ccc(Br)cc2)NC(=O)N(CN2CCc3sccc3C2)C1=O. The largest absolute Gasteiger partial charge is 0.326 e. The van der Waals surface area contributed by atoms with E-state index in [4.69, 9.17) is 0 Å². The number of benzene rings is 1. The first-order valence-corrected chi connectivity index (χ1v) is 9.82. The van der Waals surface area contributed by atoms with Crippen molar-refractivity contribution in [2.24, 2.45) is 0 Å². The molecule has 0 saturated carbocycles. The second kappa shape index (κ2) is 6.23. The molecule has 7 heteroatoms. The molecule has 25 heavy (non-hydrogen) atoms. The van der Waals surface area contributed by atoms with Crippen LogP contribution < -0.4 is 5.32 Å². The highest BCUT2D eigenvalue weighted by molar-refractivity contribution is 9.10. The third-order valence-corrected chi connectivity index (χ3v) is 6.48. The molecular weight excluding hydrogens is 402 g/mol. The van der Waals surface area contributed by atoms with Crippen LogP contribution in [-0.2, 0) is 23.3 Å². The minimum absolute atomic E-state index is 0.198. The van der Waals surface area contributed by atoms with Gasteiger partial charge in [-0.3, -0.25) is 9.69 Å². The molecule has 3 heterocycles. The van der Waals surface area contributed by atoms with Gasteiger partial charge in [-0.05, 0) is 48.1 Å². The average Bonchev–Trinajstić information content (AvgIpc) is 3.14. The van der Waals surface area contributed by atoms with Gasteiger partial charge in [-0.25, -0.2) is 9.69 Å². The van der Waals surface area contributed by atoms with E-state index in [0.29, 0.717) is 6.67 Å². The van der Waals surface area contributed by atoms with Gasteiger partial charge in [-0.1, -0.05) is 28.1 Å². The van der Waals surface area contributed by atoms with Gasteiger partial charge >= 0.3 is 6.03 Å². The van der Waals surface area contributed by atoms with Crippen molar-refractivity contribution >= 4 is 39.2 Å². The van der Waals surface area contributed by atoms with Crippen molar-refractivity contribution in [3.63, 3.8) is 0 Å². The van der Waals surface area contributed by atoms with Gasteiger partial charge in [-0.2, -0.15) is 0 Å². The van der Waals surface area contributed by atoms with Crippen molar-refractivity contribution < 1.29 is 9.59 Å². The van der Waals surface area contributed by atoms with Crippen LogP contribution in [0.5, 0.6) is 0 Å². The Bertz CT molecular complexity index is 835. The third-order valence-electron chi connectivity index (χ3n) is 4.92. The molecule has 130 valence electrons. The number of amides is 3. The average molecular weight is 420 g/mol. The molecule has 1 fully saturated rings. The summed E-state index contributed by atoms with van der Waals surface area (Å²) in [6, 6.07) is 9.29. The zero-order valence-electron chi connectivity index (χ0n) is 13.8. The second-order valence-electron chi connectivity index (χ2n) is 6.61. The minimum atomic E-state index is -1.01. The monoisotopic (exact) mass is 419 g/mol. The summed E-state index contributed by atoms with van der Waals surface area (Å²) in [6.45, 7) is 3.74. The molecule has 3 amide bonds. The van der Waals surface area contributed by atoms with Crippen molar-refractivity contribution in [2.75, 3.05) is 13.2 Å². The molecule has 0 unspecified atom stereocenters. The maximum atomic E-state index is 13.0. The number of rotatable bonds is 3. The number of imide groups is 1. The number of hydrogen-bond acceptors (Lipinski definition) is 4. The smallest absolute Gasteiger partial charge is 0.319 e. The lowest BCUT2D eigenvalue weighted by Crippen LogP contribution is -2.45. The van der Waals surface area contributed by atoms with Gasteiger partial charge in [0.2, 0.25) is 0 Å². The van der Waals surface area contributed by atoms with Crippen LogP contribution in [0.25, 0.3) is 0 Å². The number of carbonyl (C=O) groups is 2. The zero-order chi connectivity index (χ0) is 17.6. The minimum Gasteiger partial charge on any atom is -0.319 e. The number of nitrogens with zero attached hydrogens (tertiary/aromatic N) is 2. The van der Waals surface area contributed by atoms with Gasteiger partial charge in [0, 0.05) is 22.4 Å². The topological polar surface area (TPSA) is 52.7 Å². The zero-order valence-corrected chi connectivity index (χ0v) is 16.2. The Balaban J connectivity index is 1.53. The van der Waals surface area contributed by atoms with Crippen molar-refractivity contribution in [1.29, 1.82) is 0 Å². The van der Waals surface area contributed by atoms with Crippen LogP contribution in [0.2, 0.25) is 0 Å². The summed E-state index contributed by atoms with van der Waals surface area (Å²) in [5, 5.41) is 4.97. The number of fused-ring (bicyclic) bond motifs is 1. The molecule has 0 spiro atoms. The number of hydrogen-bond donors (Lipinski definition) is 1. The highest BCUT2D eigenvalue weighted by Gasteiger charge is 2.49. The van der Waals surface area contributed by atoms with Crippen LogP contribution in [0.1, 0.15) is 22.9 Å². The van der Waals surface area contributed by atoms with Crippen LogP contribution >= 0.6 is 27.3 Å². The van der Waals surface area contributed by atoms with E-state index in [-0.39, 0.29) is 11.9 Å². The first kappa shape index (κ1) is 16.8. The fraction of sp³-hybridized carbons (Fsp3) is 0.333. The molecule has 0 bridgehead atoms. The molecule has 5 nitrogen and oxygen atoms in total. The summed E-state index contributed by atoms with van der Waals surface area (Å²) in [4.78, 5) is 30.4. The molecule has 0 radical (unpaired) electrons. The molecule has 2 aliphatic rings. The molecule has 1 aromatic carbocycles. The molecule has 1 aromatic heterocycles. The first-order valence-electron chi connectivity index (χ1n) is 8.15. The van der Waals surface area contributed by atoms with E-state index in [1.165, 1.54) is 15.3 Å². The maximum absolute atomic E-state index is 13.0. The van der Waals surface area contributed by atoms with Crippen molar-refractivity contribution in [2.45, 2.75) is 25.4 Å². The van der Waals surface area contributed by atoms with Crippen LogP contribution in [-0.4, -0.2) is 35.0 Å². The lowest BCUT2D eigenvalue weighted by atomic mass is 9.92. The highest BCUT2D eigenvalue weighted by atomic mass is 79.9. The highest BCUT2D eigenvalue weighted by Crippen LogP contribution is 2.31. The molecule has 1 atom stereocenters. The van der Waals surface area contributed by atoms with Gasteiger partial charge < -0.3 is 5.32 Å². The normalized spacial score (nSPS) is 23.7. The Kier molecular flexibility index (Phi) is 4.17. The molecule has 2 aromatic rings. The molecule has 0 aliphatic carbocycles. The molecule has 4 rings (SSSR count). The summed E-state index contributed by atoms with van der Waals surface area (Å²) in [7, 11) is 0. The predicted molar refractivity (Wildman–Crippen MR) is 100 cm³/mol. The van der Waals surface area contributed by atoms with Crippen LogP contribution in [0.3, 0.4) is 0 Å². The molecule has 1 N–H and O–H groups in total. The Morgan fingerprint density at radius 1 is 1.24 bits per heavy atom. The summed E-state index contributed by atoms with van der Waals surface area (Å²) in [5.74, 6) is -0.198. The van der Waals surface area contributed by atoms with Gasteiger partial charge in [0.1, 0.15) is 5.54 Å². The number of thiophene rings is 1. The van der Waals surface area contributed by atoms with Crippen LogP contribution in [0.4, 0.5) is 4.79 Å². The summed E-state index contributed by atoms with van der Waals surface area (Å²) >= 11 is 5.18. The Morgan fingerprint density at radius 2 is 2.00 bits per heavy atom. The number of carbonyl (C=O) groups excluding carboxylic acids is 2. The standard InChI is InChI=1S/C18H18BrN3O2S/c1-18(13-2-4-14(19)5-3-13)16(23)22(17(24)20-18)11-21-8-6-15-12(10-21)7-9-25-15/h2-5,7,9H,6,8,10-11H2,1H3,(H,20,24)/t18-/m1/s1. The summed E-state index contributed by atoms with van der Waals surface area (Å²) in [5.41, 5.74) is 1.08. The third kappa shape index (κ3) is 2.90. The van der Waals surface area contributed by atoms with Gasteiger partial charge in [0.25, 0.3) is 5.91 Å². The van der Waals surface area contributed by atoms with Crippen LogP contribution in [0, 0.1) is 0 Å². The lowest BCUT2D eigenvalue weighted by Gasteiger charge is -2.30. The van der Waals surface area contributed by atoms with Crippen LogP contribution in [0.15, 0.2) is 40.2 Å². The van der Waals surface area contributed by atoms with E-state index in [1.807, 2.05) is 24.3 Å². The summed E-state index contributed by atoms with van der Waals surface area (Å²) in [6.07, 6.45) is 0.973. The first-order chi connectivity index (χ1) is 12.0. The lowest BCUT2D eigenvalue weighted by molar-refractivity contribution is -0.132. The molecule has 1 saturated heterocycles. The summed E-state index contributed by atoms with van der Waals surface area (Å²) < 4.78 is 0.938. The fourth-order valence-electron chi connectivity index (χ4n) is 3.43. The van der Waals surface area contributed by atoms with Crippen molar-refractivity contribution in [3.05, 3.63) is 56.2 Å². The fourth-order valence-corrected chi connectivity index (χ4v) is 4.59. The van der Waals surface area contributed by atoms with Gasteiger partial charge in [0.05, 0.1) is 6.67 Å². The van der Waals surface area contributed by atoms with Crippen molar-refractivity contribution in [3.8, 4) is 0 Å². The van der Waals surface area contributed by atoms with E-state index >= 15 is 0 Å². The Hall–Kier alpha value is -1.70. The van der Waals surface area contributed by atoms with Crippen molar-refractivity contribution in [1.82, 2.24) is 15.1 Å². The van der Waals surface area contributed by atoms with E-state index in [0.717, 1.165) is 29.5 Å². The van der Waals surface area contributed by atoms with E-state index in [2.05, 4.69) is 37.6 Å². The maximum Gasteiger partial charge on any atom is 0.326 e. The number of urea groups is 1. The second-order valence-corrected chi connectivity index (χ2v) is 8.52.